The van der Waals surface area contributed by atoms with Crippen LogP contribution in [0, 0.1) is 11.3 Å². The van der Waals surface area contributed by atoms with Gasteiger partial charge in [0, 0.05) is 11.8 Å². The van der Waals surface area contributed by atoms with E-state index in [0.29, 0.717) is 0 Å². The molecule has 1 rings (SSSR count). The fraction of sp³-hybridized carbons (Fsp3) is 0.125. The first kappa shape index (κ1) is 11.7. The van der Waals surface area contributed by atoms with Crippen molar-refractivity contribution in [3.8, 4) is 11.8 Å². The zero-order valence-corrected chi connectivity index (χ0v) is 8.69. The third-order valence-corrected chi connectivity index (χ3v) is 2.23. The average Bonchev–Trinajstić information content (AvgIpc) is 2.08. The summed E-state index contributed by atoms with van der Waals surface area (Å²) in [5.41, 5.74) is 5.31. The standard InChI is InChI=1S/C8H4BrF3N2O/c9-7-4(3-13)1-5(14)2-6(7)15-8(10,11)12/h1-2H,14H2. The number of nitriles is 1. The van der Waals surface area contributed by atoms with E-state index in [0.717, 1.165) is 6.07 Å². The molecule has 0 aliphatic rings. The Kier molecular flexibility index (Phi) is 3.09. The number of ether oxygens (including phenoxy) is 1. The van der Waals surface area contributed by atoms with Crippen LogP contribution in [0.25, 0.3) is 0 Å². The molecule has 0 atom stereocenters. The molecule has 3 nitrogen and oxygen atoms in total. The van der Waals surface area contributed by atoms with Crippen LogP contribution in [0.15, 0.2) is 16.6 Å². The van der Waals surface area contributed by atoms with Gasteiger partial charge in [0.2, 0.25) is 0 Å². The van der Waals surface area contributed by atoms with Gasteiger partial charge in [-0.15, -0.1) is 13.2 Å². The summed E-state index contributed by atoms with van der Waals surface area (Å²) in [6.07, 6.45) is -4.82. The Hall–Kier alpha value is -1.42. The summed E-state index contributed by atoms with van der Waals surface area (Å²) in [4.78, 5) is 0. The number of halogens is 4. The minimum absolute atomic E-state index is 0.0192. The summed E-state index contributed by atoms with van der Waals surface area (Å²) in [5.74, 6) is -0.529. The van der Waals surface area contributed by atoms with Crippen LogP contribution in [0.4, 0.5) is 18.9 Å². The molecule has 0 aliphatic carbocycles. The molecular formula is C8H4BrF3N2O. The summed E-state index contributed by atoms with van der Waals surface area (Å²) in [6, 6.07) is 3.92. The highest BCUT2D eigenvalue weighted by Gasteiger charge is 2.32. The third-order valence-electron chi connectivity index (χ3n) is 1.41. The second-order valence-corrected chi connectivity index (χ2v) is 3.33. The lowest BCUT2D eigenvalue weighted by molar-refractivity contribution is -0.274. The number of nitrogens with two attached hydrogens (primary N) is 1. The first-order chi connectivity index (χ1) is 6.83. The van der Waals surface area contributed by atoms with Gasteiger partial charge < -0.3 is 10.5 Å². The minimum Gasteiger partial charge on any atom is -0.404 e. The van der Waals surface area contributed by atoms with E-state index in [1.807, 2.05) is 0 Å². The summed E-state index contributed by atoms with van der Waals surface area (Å²) in [6.45, 7) is 0. The maximum atomic E-state index is 11.9. The molecule has 0 aliphatic heterocycles. The molecule has 0 amide bonds. The van der Waals surface area contributed by atoms with Crippen molar-refractivity contribution in [3.05, 3.63) is 22.2 Å². The lowest BCUT2D eigenvalue weighted by Crippen LogP contribution is -2.17. The molecule has 80 valence electrons. The Morgan fingerprint density at radius 3 is 2.47 bits per heavy atom. The monoisotopic (exact) mass is 280 g/mol. The largest absolute Gasteiger partial charge is 0.573 e. The Labute approximate surface area is 91.4 Å². The molecule has 1 aromatic carbocycles. The molecule has 0 saturated heterocycles. The molecule has 0 heterocycles. The van der Waals surface area contributed by atoms with Gasteiger partial charge in [0.25, 0.3) is 0 Å². The van der Waals surface area contributed by atoms with E-state index >= 15 is 0 Å². The van der Waals surface area contributed by atoms with Crippen LogP contribution >= 0.6 is 15.9 Å². The van der Waals surface area contributed by atoms with Gasteiger partial charge in [-0.2, -0.15) is 5.26 Å². The predicted molar refractivity (Wildman–Crippen MR) is 50.0 cm³/mol. The van der Waals surface area contributed by atoms with Gasteiger partial charge in [-0.05, 0) is 22.0 Å². The smallest absolute Gasteiger partial charge is 0.404 e. The molecule has 0 fully saturated rings. The molecule has 2 N–H and O–H groups in total. The van der Waals surface area contributed by atoms with E-state index in [1.54, 1.807) is 6.07 Å². The first-order valence-electron chi connectivity index (χ1n) is 3.58. The number of hydrogen-bond donors (Lipinski definition) is 1. The van der Waals surface area contributed by atoms with Crippen LogP contribution < -0.4 is 10.5 Å². The SMILES string of the molecule is N#Cc1cc(N)cc(OC(F)(F)F)c1Br. The minimum atomic E-state index is -4.82. The number of nitrogens with zero attached hydrogens (tertiary/aromatic N) is 1. The molecule has 1 aromatic rings. The zero-order chi connectivity index (χ0) is 11.6. The van der Waals surface area contributed by atoms with E-state index in [-0.39, 0.29) is 15.7 Å². The Morgan fingerprint density at radius 2 is 2.00 bits per heavy atom. The summed E-state index contributed by atoms with van der Waals surface area (Å²) >= 11 is 2.83. The van der Waals surface area contributed by atoms with Crippen molar-refractivity contribution in [2.45, 2.75) is 6.36 Å². The maximum absolute atomic E-state index is 11.9. The van der Waals surface area contributed by atoms with Crippen molar-refractivity contribution >= 4 is 21.6 Å². The van der Waals surface area contributed by atoms with Gasteiger partial charge >= 0.3 is 6.36 Å². The number of alkyl halides is 3. The molecule has 0 bridgehead atoms. The van der Waals surface area contributed by atoms with Gasteiger partial charge in [-0.3, -0.25) is 0 Å². The highest BCUT2D eigenvalue weighted by Crippen LogP contribution is 2.34. The van der Waals surface area contributed by atoms with Crippen LogP contribution in [0.2, 0.25) is 0 Å². The lowest BCUT2D eigenvalue weighted by atomic mass is 10.2. The van der Waals surface area contributed by atoms with Crippen molar-refractivity contribution < 1.29 is 17.9 Å². The third kappa shape index (κ3) is 3.02. The van der Waals surface area contributed by atoms with Crippen molar-refractivity contribution in [1.29, 1.82) is 5.26 Å². The van der Waals surface area contributed by atoms with Gasteiger partial charge in [-0.1, -0.05) is 0 Å². The van der Waals surface area contributed by atoms with Gasteiger partial charge in [0.1, 0.15) is 11.8 Å². The highest BCUT2D eigenvalue weighted by atomic mass is 79.9. The Morgan fingerprint density at radius 1 is 1.40 bits per heavy atom. The van der Waals surface area contributed by atoms with Crippen molar-refractivity contribution in [1.82, 2.24) is 0 Å². The molecule has 0 saturated carbocycles. The van der Waals surface area contributed by atoms with Crippen LogP contribution in [-0.4, -0.2) is 6.36 Å². The number of hydrogen-bond acceptors (Lipinski definition) is 3. The average molecular weight is 281 g/mol. The molecule has 0 aromatic heterocycles. The normalized spacial score (nSPS) is 10.9. The van der Waals surface area contributed by atoms with Crippen LogP contribution in [0.1, 0.15) is 5.56 Å². The van der Waals surface area contributed by atoms with Crippen molar-refractivity contribution in [2.75, 3.05) is 5.73 Å². The van der Waals surface area contributed by atoms with Gasteiger partial charge in [-0.25, -0.2) is 0 Å². The second kappa shape index (κ2) is 3.98. The molecule has 15 heavy (non-hydrogen) atoms. The fourth-order valence-electron chi connectivity index (χ4n) is 0.899. The van der Waals surface area contributed by atoms with E-state index in [4.69, 9.17) is 11.0 Å². The fourth-order valence-corrected chi connectivity index (χ4v) is 1.30. The summed E-state index contributed by atoms with van der Waals surface area (Å²) < 4.78 is 39.4. The van der Waals surface area contributed by atoms with Crippen molar-refractivity contribution in [2.24, 2.45) is 0 Å². The molecular weight excluding hydrogens is 277 g/mol. The Bertz CT molecular complexity index is 425. The van der Waals surface area contributed by atoms with Crippen LogP contribution in [0.3, 0.4) is 0 Å². The molecule has 0 radical (unpaired) electrons. The highest BCUT2D eigenvalue weighted by molar-refractivity contribution is 9.10. The molecule has 0 unspecified atom stereocenters. The van der Waals surface area contributed by atoms with Gasteiger partial charge in [0.05, 0.1) is 10.0 Å². The van der Waals surface area contributed by atoms with Crippen LogP contribution in [-0.2, 0) is 0 Å². The number of benzene rings is 1. The first-order valence-corrected chi connectivity index (χ1v) is 4.37. The summed E-state index contributed by atoms with van der Waals surface area (Å²) in [7, 11) is 0. The number of nitrogen functional groups attached to an aromatic ring is 1. The van der Waals surface area contributed by atoms with Crippen molar-refractivity contribution in [3.63, 3.8) is 0 Å². The maximum Gasteiger partial charge on any atom is 0.573 e. The van der Waals surface area contributed by atoms with Crippen LogP contribution in [0.5, 0.6) is 5.75 Å². The Balaban J connectivity index is 3.20. The van der Waals surface area contributed by atoms with E-state index in [1.165, 1.54) is 6.07 Å². The number of rotatable bonds is 1. The second-order valence-electron chi connectivity index (χ2n) is 2.54. The lowest BCUT2D eigenvalue weighted by Gasteiger charge is -2.11. The van der Waals surface area contributed by atoms with E-state index in [2.05, 4.69) is 20.7 Å². The quantitative estimate of drug-likeness (QED) is 0.805. The van der Waals surface area contributed by atoms with E-state index in [9.17, 15) is 13.2 Å². The molecule has 7 heteroatoms. The van der Waals surface area contributed by atoms with Gasteiger partial charge in [0.15, 0.2) is 0 Å². The zero-order valence-electron chi connectivity index (χ0n) is 7.10. The number of anilines is 1. The predicted octanol–water partition coefficient (Wildman–Crippen LogP) is 2.80. The summed E-state index contributed by atoms with van der Waals surface area (Å²) in [5, 5.41) is 8.59. The topological polar surface area (TPSA) is 59.0 Å². The molecule has 0 spiro atoms. The van der Waals surface area contributed by atoms with E-state index < -0.39 is 12.1 Å².